The number of thioether (sulfide) groups is 1. The Bertz CT molecular complexity index is 265. The average molecular weight is 261 g/mol. The summed E-state index contributed by atoms with van der Waals surface area (Å²) in [6, 6.07) is 0. The van der Waals surface area contributed by atoms with E-state index in [4.69, 9.17) is 4.74 Å². The van der Waals surface area contributed by atoms with Crippen LogP contribution in [0.25, 0.3) is 0 Å². The van der Waals surface area contributed by atoms with Gasteiger partial charge in [0.05, 0.1) is 6.10 Å². The SMILES string of the molecule is CSC[C@@H](O)[C@@H]1CCN(C(=O)OC(C)(C)C)C1. The molecule has 0 bridgehead atoms. The van der Waals surface area contributed by atoms with Crippen LogP contribution >= 0.6 is 11.8 Å². The highest BCUT2D eigenvalue weighted by atomic mass is 32.2. The number of carbonyl (C=O) groups excluding carboxylic acids is 1. The highest BCUT2D eigenvalue weighted by Crippen LogP contribution is 2.23. The van der Waals surface area contributed by atoms with E-state index in [1.165, 1.54) is 0 Å². The summed E-state index contributed by atoms with van der Waals surface area (Å²) in [5, 5.41) is 9.88. The first-order chi connectivity index (χ1) is 7.83. The van der Waals surface area contributed by atoms with E-state index in [2.05, 4.69) is 0 Å². The number of rotatable bonds is 3. The van der Waals surface area contributed by atoms with Gasteiger partial charge in [-0.1, -0.05) is 0 Å². The molecule has 1 N–H and O–H groups in total. The van der Waals surface area contributed by atoms with Crippen LogP contribution in [0.15, 0.2) is 0 Å². The van der Waals surface area contributed by atoms with Crippen molar-refractivity contribution in [3.63, 3.8) is 0 Å². The van der Waals surface area contributed by atoms with Crippen molar-refractivity contribution in [3.8, 4) is 0 Å². The number of ether oxygens (including phenoxy) is 1. The fraction of sp³-hybridized carbons (Fsp3) is 0.917. The zero-order chi connectivity index (χ0) is 13.1. The minimum atomic E-state index is -0.451. The molecule has 0 spiro atoms. The smallest absolute Gasteiger partial charge is 0.410 e. The van der Waals surface area contributed by atoms with Gasteiger partial charge in [-0.15, -0.1) is 0 Å². The number of aliphatic hydroxyl groups is 1. The van der Waals surface area contributed by atoms with Crippen molar-refractivity contribution in [2.75, 3.05) is 25.1 Å². The number of likely N-dealkylation sites (tertiary alicyclic amines) is 1. The molecule has 0 unspecified atom stereocenters. The topological polar surface area (TPSA) is 49.8 Å². The van der Waals surface area contributed by atoms with Crippen LogP contribution < -0.4 is 0 Å². The van der Waals surface area contributed by atoms with E-state index in [1.807, 2.05) is 27.0 Å². The Morgan fingerprint density at radius 2 is 2.24 bits per heavy atom. The zero-order valence-corrected chi connectivity index (χ0v) is 11.9. The molecule has 0 aromatic heterocycles. The number of hydrogen-bond acceptors (Lipinski definition) is 4. The van der Waals surface area contributed by atoms with Gasteiger partial charge in [0.15, 0.2) is 0 Å². The Hall–Kier alpha value is -0.420. The number of carbonyl (C=O) groups is 1. The molecule has 5 heteroatoms. The predicted molar refractivity (Wildman–Crippen MR) is 70.3 cm³/mol. The summed E-state index contributed by atoms with van der Waals surface area (Å²) in [5.74, 6) is 0.919. The molecule has 1 rings (SSSR count). The lowest BCUT2D eigenvalue weighted by molar-refractivity contribution is 0.0274. The summed E-state index contributed by atoms with van der Waals surface area (Å²) in [6.07, 6.45) is 2.25. The highest BCUT2D eigenvalue weighted by Gasteiger charge is 2.32. The Morgan fingerprint density at radius 3 is 2.76 bits per heavy atom. The molecule has 1 fully saturated rings. The molecule has 0 radical (unpaired) electrons. The molecule has 1 amide bonds. The van der Waals surface area contributed by atoms with E-state index in [1.54, 1.807) is 16.7 Å². The summed E-state index contributed by atoms with van der Waals surface area (Å²) >= 11 is 1.63. The quantitative estimate of drug-likeness (QED) is 0.844. The van der Waals surface area contributed by atoms with Crippen molar-refractivity contribution >= 4 is 17.9 Å². The number of nitrogens with zero attached hydrogens (tertiary/aromatic N) is 1. The van der Waals surface area contributed by atoms with Crippen molar-refractivity contribution in [1.82, 2.24) is 4.90 Å². The summed E-state index contributed by atoms with van der Waals surface area (Å²) in [5.41, 5.74) is -0.451. The molecular weight excluding hydrogens is 238 g/mol. The Labute approximate surface area is 108 Å². The second-order valence-electron chi connectivity index (χ2n) is 5.50. The normalized spacial score (nSPS) is 22.6. The van der Waals surface area contributed by atoms with Crippen LogP contribution in [-0.4, -0.2) is 52.9 Å². The third-order valence-corrected chi connectivity index (χ3v) is 3.43. The van der Waals surface area contributed by atoms with Crippen LogP contribution in [0, 0.1) is 5.92 Å². The van der Waals surface area contributed by atoms with Crippen molar-refractivity contribution in [2.24, 2.45) is 5.92 Å². The van der Waals surface area contributed by atoms with Gasteiger partial charge in [-0.05, 0) is 33.4 Å². The number of amides is 1. The van der Waals surface area contributed by atoms with Crippen molar-refractivity contribution in [3.05, 3.63) is 0 Å². The minimum absolute atomic E-state index is 0.190. The third kappa shape index (κ3) is 4.76. The highest BCUT2D eigenvalue weighted by molar-refractivity contribution is 7.98. The van der Waals surface area contributed by atoms with Gasteiger partial charge in [0.2, 0.25) is 0 Å². The lowest BCUT2D eigenvalue weighted by Crippen LogP contribution is -2.36. The minimum Gasteiger partial charge on any atom is -0.444 e. The van der Waals surface area contributed by atoms with Gasteiger partial charge >= 0.3 is 6.09 Å². The summed E-state index contributed by atoms with van der Waals surface area (Å²) in [7, 11) is 0. The maximum atomic E-state index is 11.8. The lowest BCUT2D eigenvalue weighted by Gasteiger charge is -2.25. The maximum Gasteiger partial charge on any atom is 0.410 e. The van der Waals surface area contributed by atoms with Crippen LogP contribution in [0.5, 0.6) is 0 Å². The molecule has 1 aliphatic heterocycles. The summed E-state index contributed by atoms with van der Waals surface area (Å²) in [6.45, 7) is 6.88. The summed E-state index contributed by atoms with van der Waals surface area (Å²) in [4.78, 5) is 13.5. The molecule has 1 aliphatic rings. The van der Waals surface area contributed by atoms with Gasteiger partial charge in [-0.25, -0.2) is 4.79 Å². The van der Waals surface area contributed by atoms with E-state index in [0.29, 0.717) is 13.1 Å². The van der Waals surface area contributed by atoms with Crippen molar-refractivity contribution < 1.29 is 14.6 Å². The standard InChI is InChI=1S/C12H23NO3S/c1-12(2,3)16-11(15)13-6-5-9(7-13)10(14)8-17-4/h9-10,14H,5-8H2,1-4H3/t9-,10-/m1/s1. The molecule has 0 aromatic carbocycles. The molecule has 100 valence electrons. The fourth-order valence-corrected chi connectivity index (χ4v) is 2.51. The van der Waals surface area contributed by atoms with Crippen LogP contribution in [-0.2, 0) is 4.74 Å². The van der Waals surface area contributed by atoms with Gasteiger partial charge in [0.1, 0.15) is 5.60 Å². The van der Waals surface area contributed by atoms with Gasteiger partial charge in [-0.3, -0.25) is 0 Å². The largest absolute Gasteiger partial charge is 0.444 e. The molecule has 1 heterocycles. The molecule has 1 saturated heterocycles. The van der Waals surface area contributed by atoms with E-state index in [9.17, 15) is 9.90 Å². The zero-order valence-electron chi connectivity index (χ0n) is 11.1. The monoisotopic (exact) mass is 261 g/mol. The van der Waals surface area contributed by atoms with Crippen LogP contribution in [0.2, 0.25) is 0 Å². The Kier molecular flexibility index (Phi) is 5.13. The van der Waals surface area contributed by atoms with Gasteiger partial charge in [0, 0.05) is 24.8 Å². The molecule has 2 atom stereocenters. The first-order valence-corrected chi connectivity index (χ1v) is 7.38. The Morgan fingerprint density at radius 1 is 1.59 bits per heavy atom. The number of aliphatic hydroxyl groups excluding tert-OH is 1. The Balaban J connectivity index is 2.42. The van der Waals surface area contributed by atoms with E-state index >= 15 is 0 Å². The maximum absolute atomic E-state index is 11.8. The van der Waals surface area contributed by atoms with E-state index < -0.39 is 5.60 Å². The lowest BCUT2D eigenvalue weighted by atomic mass is 10.0. The second kappa shape index (κ2) is 5.96. The van der Waals surface area contributed by atoms with Crippen LogP contribution in [0.1, 0.15) is 27.2 Å². The number of hydrogen-bond donors (Lipinski definition) is 1. The van der Waals surface area contributed by atoms with Crippen LogP contribution in [0.3, 0.4) is 0 Å². The molecule has 17 heavy (non-hydrogen) atoms. The summed E-state index contributed by atoms with van der Waals surface area (Å²) < 4.78 is 5.31. The third-order valence-electron chi connectivity index (χ3n) is 2.76. The first-order valence-electron chi connectivity index (χ1n) is 5.98. The molecule has 0 aliphatic carbocycles. The average Bonchev–Trinajstić information content (AvgIpc) is 2.63. The van der Waals surface area contributed by atoms with Crippen molar-refractivity contribution in [1.29, 1.82) is 0 Å². The van der Waals surface area contributed by atoms with Gasteiger partial charge < -0.3 is 14.7 Å². The van der Waals surface area contributed by atoms with Gasteiger partial charge in [0.25, 0.3) is 0 Å². The molecule has 0 aromatic rings. The molecule has 0 saturated carbocycles. The van der Waals surface area contributed by atoms with E-state index in [-0.39, 0.29) is 18.1 Å². The van der Waals surface area contributed by atoms with Gasteiger partial charge in [-0.2, -0.15) is 11.8 Å². The molecule has 4 nitrogen and oxygen atoms in total. The van der Waals surface area contributed by atoms with Crippen molar-refractivity contribution in [2.45, 2.75) is 38.9 Å². The second-order valence-corrected chi connectivity index (χ2v) is 6.41. The van der Waals surface area contributed by atoms with Crippen LogP contribution in [0.4, 0.5) is 4.79 Å². The predicted octanol–water partition coefficient (Wildman–Crippen LogP) is 1.97. The first kappa shape index (κ1) is 14.6. The fourth-order valence-electron chi connectivity index (χ4n) is 1.90. The molecular formula is C12H23NO3S. The van der Waals surface area contributed by atoms with E-state index in [0.717, 1.165) is 12.2 Å².